The van der Waals surface area contributed by atoms with Gasteiger partial charge >= 0.3 is 12.0 Å². The Labute approximate surface area is 106 Å². The van der Waals surface area contributed by atoms with Crippen LogP contribution in [0, 0.1) is 5.41 Å². The summed E-state index contributed by atoms with van der Waals surface area (Å²) >= 11 is 0. The molecule has 0 aromatic heterocycles. The summed E-state index contributed by atoms with van der Waals surface area (Å²) in [6, 6.07) is -0.190. The molecule has 2 heterocycles. The summed E-state index contributed by atoms with van der Waals surface area (Å²) in [5.74, 6) is -0.912. The molecule has 2 aliphatic rings. The van der Waals surface area contributed by atoms with E-state index in [1.54, 1.807) is 18.7 Å². The summed E-state index contributed by atoms with van der Waals surface area (Å²) in [6.45, 7) is 4.54. The standard InChI is InChI=1S/C12H20N2O4/c1-12(2,10(15)16)7-13-11(17)14-5-8-3-4-9(6-14)18-8/h8-9H,3-7H2,1-2H3,(H,13,17)(H,15,16). The van der Waals surface area contributed by atoms with Crippen molar-refractivity contribution in [1.82, 2.24) is 10.2 Å². The Balaban J connectivity index is 1.83. The summed E-state index contributed by atoms with van der Waals surface area (Å²) in [5.41, 5.74) is -0.944. The molecule has 2 rings (SSSR count). The number of aliphatic carboxylic acids is 1. The largest absolute Gasteiger partial charge is 0.481 e. The van der Waals surface area contributed by atoms with Gasteiger partial charge in [0.25, 0.3) is 0 Å². The van der Waals surface area contributed by atoms with Gasteiger partial charge < -0.3 is 20.1 Å². The van der Waals surface area contributed by atoms with Gasteiger partial charge in [-0.15, -0.1) is 0 Å². The van der Waals surface area contributed by atoms with Crippen molar-refractivity contribution in [2.24, 2.45) is 5.41 Å². The van der Waals surface area contributed by atoms with Crippen molar-refractivity contribution in [2.75, 3.05) is 19.6 Å². The molecule has 0 aromatic carbocycles. The highest BCUT2D eigenvalue weighted by atomic mass is 16.5. The maximum Gasteiger partial charge on any atom is 0.317 e. The normalized spacial score (nSPS) is 27.1. The fourth-order valence-electron chi connectivity index (χ4n) is 2.26. The molecule has 2 fully saturated rings. The molecular formula is C12H20N2O4. The zero-order chi connectivity index (χ0) is 13.3. The summed E-state index contributed by atoms with van der Waals surface area (Å²) in [4.78, 5) is 24.6. The Kier molecular flexibility index (Phi) is 3.47. The molecule has 2 bridgehead atoms. The number of nitrogens with zero attached hydrogens (tertiary/aromatic N) is 1. The first-order valence-corrected chi connectivity index (χ1v) is 6.30. The van der Waals surface area contributed by atoms with Crippen LogP contribution in [0.2, 0.25) is 0 Å². The third-order valence-electron chi connectivity index (χ3n) is 3.59. The van der Waals surface area contributed by atoms with Crippen LogP contribution >= 0.6 is 0 Å². The lowest BCUT2D eigenvalue weighted by atomic mass is 9.94. The molecule has 2 unspecified atom stereocenters. The van der Waals surface area contributed by atoms with Crippen LogP contribution in [0.5, 0.6) is 0 Å². The number of carboxylic acids is 1. The Morgan fingerprint density at radius 3 is 2.39 bits per heavy atom. The van der Waals surface area contributed by atoms with E-state index in [2.05, 4.69) is 5.32 Å². The first-order chi connectivity index (χ1) is 8.38. The van der Waals surface area contributed by atoms with Crippen molar-refractivity contribution in [1.29, 1.82) is 0 Å². The van der Waals surface area contributed by atoms with Crippen molar-refractivity contribution < 1.29 is 19.4 Å². The van der Waals surface area contributed by atoms with Gasteiger partial charge in [-0.25, -0.2) is 4.79 Å². The van der Waals surface area contributed by atoms with Crippen LogP contribution < -0.4 is 5.32 Å². The fourth-order valence-corrected chi connectivity index (χ4v) is 2.26. The zero-order valence-electron chi connectivity index (χ0n) is 10.8. The highest BCUT2D eigenvalue weighted by Crippen LogP contribution is 2.26. The number of carbonyl (C=O) groups excluding carboxylic acids is 1. The van der Waals surface area contributed by atoms with Crippen LogP contribution in [-0.4, -0.2) is 53.8 Å². The average Bonchev–Trinajstić information content (AvgIpc) is 2.65. The second-order valence-electron chi connectivity index (χ2n) is 5.71. The Morgan fingerprint density at radius 1 is 1.33 bits per heavy atom. The number of nitrogens with one attached hydrogen (secondary N) is 1. The minimum atomic E-state index is -0.944. The molecule has 2 saturated heterocycles. The van der Waals surface area contributed by atoms with Crippen LogP contribution in [0.15, 0.2) is 0 Å². The van der Waals surface area contributed by atoms with Gasteiger partial charge in [-0.1, -0.05) is 0 Å². The third kappa shape index (κ3) is 2.75. The summed E-state index contributed by atoms with van der Waals surface area (Å²) in [5, 5.41) is 11.7. The molecule has 2 amide bonds. The Morgan fingerprint density at radius 2 is 1.89 bits per heavy atom. The summed E-state index contributed by atoms with van der Waals surface area (Å²) < 4.78 is 5.65. The molecular weight excluding hydrogens is 236 g/mol. The first kappa shape index (κ1) is 13.1. The van der Waals surface area contributed by atoms with E-state index in [4.69, 9.17) is 9.84 Å². The van der Waals surface area contributed by atoms with Gasteiger partial charge in [0.2, 0.25) is 0 Å². The second-order valence-corrected chi connectivity index (χ2v) is 5.71. The Bertz CT molecular complexity index is 344. The number of likely N-dealkylation sites (tertiary alicyclic amines) is 1. The van der Waals surface area contributed by atoms with E-state index in [0.717, 1.165) is 12.8 Å². The van der Waals surface area contributed by atoms with Crippen LogP contribution in [0.4, 0.5) is 4.79 Å². The predicted molar refractivity (Wildman–Crippen MR) is 64.3 cm³/mol. The molecule has 2 aliphatic heterocycles. The van der Waals surface area contributed by atoms with Crippen molar-refractivity contribution in [3.05, 3.63) is 0 Å². The molecule has 2 atom stereocenters. The van der Waals surface area contributed by atoms with Crippen molar-refractivity contribution in [3.63, 3.8) is 0 Å². The second kappa shape index (κ2) is 4.76. The smallest absolute Gasteiger partial charge is 0.317 e. The highest BCUT2D eigenvalue weighted by molar-refractivity contribution is 5.77. The number of carboxylic acid groups (broad SMARTS) is 1. The molecule has 102 valence electrons. The number of amides is 2. The van der Waals surface area contributed by atoms with E-state index in [1.165, 1.54) is 0 Å². The molecule has 6 heteroatoms. The SMILES string of the molecule is CC(C)(CNC(=O)N1CC2CCC(C1)O2)C(=O)O. The van der Waals surface area contributed by atoms with Crippen molar-refractivity contribution >= 4 is 12.0 Å². The summed E-state index contributed by atoms with van der Waals surface area (Å²) in [7, 11) is 0. The number of fused-ring (bicyclic) bond motifs is 2. The van der Waals surface area contributed by atoms with E-state index in [-0.39, 0.29) is 24.8 Å². The molecule has 2 N–H and O–H groups in total. The maximum absolute atomic E-state index is 12.0. The van der Waals surface area contributed by atoms with E-state index in [9.17, 15) is 9.59 Å². The van der Waals surface area contributed by atoms with Gasteiger partial charge in [0.15, 0.2) is 0 Å². The Hall–Kier alpha value is -1.30. The van der Waals surface area contributed by atoms with Gasteiger partial charge in [-0.2, -0.15) is 0 Å². The molecule has 0 aromatic rings. The zero-order valence-corrected chi connectivity index (χ0v) is 10.8. The number of urea groups is 1. The average molecular weight is 256 g/mol. The molecule has 0 spiro atoms. The van der Waals surface area contributed by atoms with E-state index >= 15 is 0 Å². The summed E-state index contributed by atoms with van der Waals surface area (Å²) in [6.07, 6.45) is 2.33. The molecule has 0 radical (unpaired) electrons. The van der Waals surface area contributed by atoms with E-state index in [0.29, 0.717) is 13.1 Å². The molecule has 0 aliphatic carbocycles. The monoisotopic (exact) mass is 256 g/mol. The van der Waals surface area contributed by atoms with Gasteiger partial charge in [-0.05, 0) is 26.7 Å². The lowest BCUT2D eigenvalue weighted by Crippen LogP contribution is -2.51. The van der Waals surface area contributed by atoms with E-state index in [1.807, 2.05) is 0 Å². The topological polar surface area (TPSA) is 78.9 Å². The highest BCUT2D eigenvalue weighted by Gasteiger charge is 2.36. The first-order valence-electron chi connectivity index (χ1n) is 6.30. The lowest BCUT2D eigenvalue weighted by molar-refractivity contribution is -0.146. The van der Waals surface area contributed by atoms with Gasteiger partial charge in [0.05, 0.1) is 17.6 Å². The molecule has 6 nitrogen and oxygen atoms in total. The number of carbonyl (C=O) groups is 2. The molecule has 18 heavy (non-hydrogen) atoms. The van der Waals surface area contributed by atoms with Gasteiger partial charge in [-0.3, -0.25) is 4.79 Å². The third-order valence-corrected chi connectivity index (χ3v) is 3.59. The van der Waals surface area contributed by atoms with Gasteiger partial charge in [0, 0.05) is 19.6 Å². The maximum atomic E-state index is 12.0. The van der Waals surface area contributed by atoms with Crippen molar-refractivity contribution in [2.45, 2.75) is 38.9 Å². The molecule has 0 saturated carbocycles. The van der Waals surface area contributed by atoms with Crippen LogP contribution in [-0.2, 0) is 9.53 Å². The number of hydrogen-bond acceptors (Lipinski definition) is 3. The number of rotatable bonds is 3. The number of ether oxygens (including phenoxy) is 1. The predicted octanol–water partition coefficient (Wildman–Crippen LogP) is 0.670. The number of hydrogen-bond donors (Lipinski definition) is 2. The van der Waals surface area contributed by atoms with Crippen LogP contribution in [0.25, 0.3) is 0 Å². The van der Waals surface area contributed by atoms with E-state index < -0.39 is 11.4 Å². The quantitative estimate of drug-likeness (QED) is 0.778. The minimum Gasteiger partial charge on any atom is -0.481 e. The van der Waals surface area contributed by atoms with Crippen molar-refractivity contribution in [3.8, 4) is 0 Å². The van der Waals surface area contributed by atoms with Crippen LogP contribution in [0.1, 0.15) is 26.7 Å². The van der Waals surface area contributed by atoms with Crippen LogP contribution in [0.3, 0.4) is 0 Å². The van der Waals surface area contributed by atoms with Gasteiger partial charge in [0.1, 0.15) is 0 Å². The lowest BCUT2D eigenvalue weighted by Gasteiger charge is -2.33. The minimum absolute atomic E-state index is 0.133. The number of morpholine rings is 1. The fraction of sp³-hybridized carbons (Fsp3) is 0.833.